The van der Waals surface area contributed by atoms with Gasteiger partial charge in [0.25, 0.3) is 5.91 Å². The van der Waals surface area contributed by atoms with Gasteiger partial charge in [-0.1, -0.05) is 48.5 Å². The van der Waals surface area contributed by atoms with Gasteiger partial charge in [-0.25, -0.2) is 4.79 Å². The van der Waals surface area contributed by atoms with E-state index in [1.165, 1.54) is 7.11 Å². The minimum absolute atomic E-state index is 0.146. The maximum Gasteiger partial charge on any atom is 0.339 e. The van der Waals surface area contributed by atoms with Gasteiger partial charge >= 0.3 is 5.97 Å². The van der Waals surface area contributed by atoms with Crippen molar-refractivity contribution in [2.75, 3.05) is 21.3 Å². The number of carboxylic acid groups (broad SMARTS) is 1. The zero-order valence-electron chi connectivity index (χ0n) is 21.2. The quantitative estimate of drug-likeness (QED) is 0.316. The Morgan fingerprint density at radius 2 is 1.51 bits per heavy atom. The summed E-state index contributed by atoms with van der Waals surface area (Å²) in [6, 6.07) is 24.6. The Kier molecular flexibility index (Phi) is 8.05. The highest BCUT2D eigenvalue weighted by Gasteiger charge is 2.19. The van der Waals surface area contributed by atoms with Crippen LogP contribution in [0.4, 0.5) is 0 Å². The lowest BCUT2D eigenvalue weighted by Crippen LogP contribution is -2.26. The van der Waals surface area contributed by atoms with Crippen LogP contribution in [0.3, 0.4) is 0 Å². The number of carboxylic acids is 1. The zero-order chi connectivity index (χ0) is 26.4. The Balaban J connectivity index is 1.58. The van der Waals surface area contributed by atoms with Crippen molar-refractivity contribution in [1.82, 2.24) is 10.2 Å². The fourth-order valence-electron chi connectivity index (χ4n) is 4.41. The predicted octanol–water partition coefficient (Wildman–Crippen LogP) is 5.12. The van der Waals surface area contributed by atoms with Gasteiger partial charge in [0.15, 0.2) is 0 Å². The third kappa shape index (κ3) is 6.08. The number of hydrogen-bond donors (Lipinski definition) is 2. The van der Waals surface area contributed by atoms with E-state index in [9.17, 15) is 14.7 Å². The number of aromatic carboxylic acids is 1. The van der Waals surface area contributed by atoms with Crippen LogP contribution in [0.1, 0.15) is 37.4 Å². The summed E-state index contributed by atoms with van der Waals surface area (Å²) in [6.45, 7) is 1.21. The molecule has 0 heterocycles. The minimum atomic E-state index is -1.04. The molecule has 0 saturated heterocycles. The van der Waals surface area contributed by atoms with Gasteiger partial charge in [-0.05, 0) is 64.8 Å². The van der Waals surface area contributed by atoms with Crippen molar-refractivity contribution in [2.45, 2.75) is 19.6 Å². The van der Waals surface area contributed by atoms with Crippen molar-refractivity contribution < 1.29 is 24.2 Å². The van der Waals surface area contributed by atoms with Crippen LogP contribution in [0.2, 0.25) is 0 Å². The van der Waals surface area contributed by atoms with Crippen LogP contribution >= 0.6 is 0 Å². The van der Waals surface area contributed by atoms with Crippen LogP contribution in [0, 0.1) is 0 Å². The fourth-order valence-corrected chi connectivity index (χ4v) is 4.41. The second-order valence-electron chi connectivity index (χ2n) is 8.86. The second-order valence-corrected chi connectivity index (χ2v) is 8.86. The number of carbonyl (C=O) groups is 2. The summed E-state index contributed by atoms with van der Waals surface area (Å²) in [5.74, 6) is -0.123. The zero-order valence-corrected chi connectivity index (χ0v) is 21.2. The van der Waals surface area contributed by atoms with Crippen molar-refractivity contribution in [3.8, 4) is 11.5 Å². The van der Waals surface area contributed by atoms with E-state index in [0.717, 1.165) is 27.6 Å². The summed E-state index contributed by atoms with van der Waals surface area (Å²) in [7, 11) is 4.98. The molecule has 2 N–H and O–H groups in total. The van der Waals surface area contributed by atoms with E-state index in [-0.39, 0.29) is 11.5 Å². The molecule has 0 saturated carbocycles. The number of benzene rings is 4. The molecule has 0 aliphatic rings. The van der Waals surface area contributed by atoms with Crippen molar-refractivity contribution in [1.29, 1.82) is 0 Å². The molecule has 0 unspecified atom stereocenters. The molecule has 0 fully saturated rings. The van der Waals surface area contributed by atoms with Crippen molar-refractivity contribution in [2.24, 2.45) is 0 Å². The summed E-state index contributed by atoms with van der Waals surface area (Å²) >= 11 is 0. The molecule has 7 heteroatoms. The first-order valence-corrected chi connectivity index (χ1v) is 11.9. The Bertz CT molecular complexity index is 1420. The maximum atomic E-state index is 13.3. The first kappa shape index (κ1) is 25.7. The van der Waals surface area contributed by atoms with Gasteiger partial charge in [-0.15, -0.1) is 0 Å². The maximum absolute atomic E-state index is 13.3. The van der Waals surface area contributed by atoms with Crippen LogP contribution in [0.25, 0.3) is 10.8 Å². The van der Waals surface area contributed by atoms with E-state index in [2.05, 4.69) is 5.32 Å². The molecule has 4 aromatic carbocycles. The molecule has 0 atom stereocenters. The summed E-state index contributed by atoms with van der Waals surface area (Å²) < 4.78 is 10.5. The highest BCUT2D eigenvalue weighted by molar-refractivity contribution is 6.00. The number of carbonyl (C=O) groups excluding carboxylic acids is 1. The third-order valence-electron chi connectivity index (χ3n) is 6.26. The molecule has 0 spiro atoms. The molecular weight excluding hydrogens is 468 g/mol. The fraction of sp³-hybridized carbons (Fsp3) is 0.200. The molecule has 0 aliphatic heterocycles. The van der Waals surface area contributed by atoms with Crippen molar-refractivity contribution >= 4 is 22.6 Å². The molecule has 1 amide bonds. The molecule has 0 bridgehead atoms. The average molecular weight is 499 g/mol. The molecule has 37 heavy (non-hydrogen) atoms. The predicted molar refractivity (Wildman–Crippen MR) is 143 cm³/mol. The lowest BCUT2D eigenvalue weighted by Gasteiger charge is -2.21. The van der Waals surface area contributed by atoms with Crippen molar-refractivity contribution in [3.05, 3.63) is 107 Å². The van der Waals surface area contributed by atoms with Gasteiger partial charge in [0, 0.05) is 25.2 Å². The van der Waals surface area contributed by atoms with Crippen LogP contribution in [0.15, 0.2) is 78.9 Å². The smallest absolute Gasteiger partial charge is 0.339 e. The molecule has 7 nitrogen and oxygen atoms in total. The van der Waals surface area contributed by atoms with Gasteiger partial charge in [0.2, 0.25) is 0 Å². The van der Waals surface area contributed by atoms with E-state index in [0.29, 0.717) is 36.5 Å². The van der Waals surface area contributed by atoms with E-state index in [4.69, 9.17) is 9.47 Å². The van der Waals surface area contributed by atoms with Crippen LogP contribution < -0.4 is 14.8 Å². The monoisotopic (exact) mass is 498 g/mol. The number of nitrogens with zero attached hydrogens (tertiary/aromatic N) is 1. The van der Waals surface area contributed by atoms with Gasteiger partial charge in [-0.2, -0.15) is 0 Å². The molecule has 0 aliphatic carbocycles. The summed E-state index contributed by atoms with van der Waals surface area (Å²) in [4.78, 5) is 27.2. The number of hydrogen-bond acceptors (Lipinski definition) is 5. The second kappa shape index (κ2) is 11.6. The molecule has 4 rings (SSSR count). The number of fused-ring (bicyclic) bond motifs is 1. The SMILES string of the molecule is COc1ccc(CNC(=O)c2cc3ccccc3cc2CN(C)Cc2cccc(OC)c2C(=O)O)cc1. The number of methoxy groups -OCH3 is 2. The van der Waals surface area contributed by atoms with Crippen molar-refractivity contribution in [3.63, 3.8) is 0 Å². The standard InChI is InChI=1S/C30H30N2O5/c1-32(18-23-9-6-10-27(37-3)28(23)30(34)35)19-24-15-21-7-4-5-8-22(21)16-26(24)29(33)31-17-20-11-13-25(36-2)14-12-20/h4-16H,17-19H2,1-3H3,(H,31,33)(H,34,35). The Labute approximate surface area is 216 Å². The Hall–Kier alpha value is -4.36. The topological polar surface area (TPSA) is 88.1 Å². The molecular formula is C30H30N2O5. The summed E-state index contributed by atoms with van der Waals surface area (Å²) in [6.07, 6.45) is 0. The van der Waals surface area contributed by atoms with E-state index in [1.54, 1.807) is 25.3 Å². The minimum Gasteiger partial charge on any atom is -0.497 e. The number of nitrogens with one attached hydrogen (secondary N) is 1. The first-order chi connectivity index (χ1) is 17.9. The van der Waals surface area contributed by atoms with Gasteiger partial charge in [0.1, 0.15) is 17.1 Å². The Morgan fingerprint density at radius 3 is 2.16 bits per heavy atom. The Morgan fingerprint density at radius 1 is 0.838 bits per heavy atom. The van der Waals surface area contributed by atoms with Gasteiger partial charge < -0.3 is 19.9 Å². The largest absolute Gasteiger partial charge is 0.497 e. The molecule has 190 valence electrons. The molecule has 0 aromatic heterocycles. The number of amides is 1. The number of ether oxygens (including phenoxy) is 2. The molecule has 4 aromatic rings. The summed E-state index contributed by atoms with van der Waals surface area (Å²) in [5, 5.41) is 14.8. The van der Waals surface area contributed by atoms with Crippen LogP contribution in [-0.4, -0.2) is 43.2 Å². The van der Waals surface area contributed by atoms with E-state index < -0.39 is 5.97 Å². The highest BCUT2D eigenvalue weighted by Crippen LogP contribution is 2.26. The van der Waals surface area contributed by atoms with Crippen LogP contribution in [-0.2, 0) is 19.6 Å². The average Bonchev–Trinajstić information content (AvgIpc) is 2.91. The third-order valence-corrected chi connectivity index (χ3v) is 6.26. The normalized spacial score (nSPS) is 10.9. The summed E-state index contributed by atoms with van der Waals surface area (Å²) in [5.41, 5.74) is 3.19. The lowest BCUT2D eigenvalue weighted by atomic mass is 9.99. The highest BCUT2D eigenvalue weighted by atomic mass is 16.5. The first-order valence-electron chi connectivity index (χ1n) is 11.9. The van der Waals surface area contributed by atoms with Crippen LogP contribution in [0.5, 0.6) is 11.5 Å². The van der Waals surface area contributed by atoms with E-state index >= 15 is 0 Å². The van der Waals surface area contributed by atoms with E-state index in [1.807, 2.05) is 72.6 Å². The molecule has 0 radical (unpaired) electrons. The number of rotatable bonds is 10. The van der Waals surface area contributed by atoms with Gasteiger partial charge in [-0.3, -0.25) is 9.69 Å². The lowest BCUT2D eigenvalue weighted by molar-refractivity contribution is 0.0690. The van der Waals surface area contributed by atoms with Gasteiger partial charge in [0.05, 0.1) is 14.2 Å².